The fourth-order valence-corrected chi connectivity index (χ4v) is 3.95. The largest absolute Gasteiger partial charge is 0.468 e. The van der Waals surface area contributed by atoms with Crippen LogP contribution in [-0.2, 0) is 26.1 Å². The van der Waals surface area contributed by atoms with Gasteiger partial charge in [-0.1, -0.05) is 42.5 Å². The Hall–Kier alpha value is -2.78. The molecular weight excluding hydrogens is 525 g/mol. The minimum absolute atomic E-state index is 0. The Morgan fingerprint density at radius 3 is 2.52 bits per heavy atom. The van der Waals surface area contributed by atoms with Crippen molar-refractivity contribution in [2.45, 2.75) is 26.1 Å². The van der Waals surface area contributed by atoms with E-state index in [1.165, 1.54) is 27.6 Å². The molecule has 7 heteroatoms. The van der Waals surface area contributed by atoms with Gasteiger partial charge in [0.2, 0.25) is 0 Å². The minimum atomic E-state index is 0. The number of hydrogen-bond donors (Lipinski definition) is 3. The van der Waals surface area contributed by atoms with Crippen molar-refractivity contribution in [2.24, 2.45) is 4.99 Å². The highest BCUT2D eigenvalue weighted by atomic mass is 127. The molecule has 4 aromatic rings. The van der Waals surface area contributed by atoms with Gasteiger partial charge >= 0.3 is 0 Å². The van der Waals surface area contributed by atoms with Gasteiger partial charge in [0, 0.05) is 43.8 Å². The summed E-state index contributed by atoms with van der Waals surface area (Å²) >= 11 is 0. The molecule has 2 heterocycles. The number of furan rings is 1. The first-order valence-corrected chi connectivity index (χ1v) is 11.0. The SMILES string of the molecule is CN=C(NCCc1c[nH]c2ccccc12)NCc1ccccc1CN(C)Cc1ccco1.I. The number of nitrogens with zero attached hydrogens (tertiary/aromatic N) is 2. The van der Waals surface area contributed by atoms with E-state index >= 15 is 0 Å². The zero-order valence-electron chi connectivity index (χ0n) is 19.2. The van der Waals surface area contributed by atoms with Crippen molar-refractivity contribution in [1.82, 2.24) is 20.5 Å². The Bertz CT molecular complexity index is 1150. The van der Waals surface area contributed by atoms with E-state index in [9.17, 15) is 0 Å². The molecule has 0 radical (unpaired) electrons. The summed E-state index contributed by atoms with van der Waals surface area (Å²) in [6, 6.07) is 20.9. The summed E-state index contributed by atoms with van der Waals surface area (Å²) in [5.41, 5.74) is 5.05. The van der Waals surface area contributed by atoms with E-state index in [0.29, 0.717) is 0 Å². The van der Waals surface area contributed by atoms with Crippen LogP contribution in [0.5, 0.6) is 0 Å². The molecule has 2 aromatic carbocycles. The van der Waals surface area contributed by atoms with Crippen molar-refractivity contribution < 1.29 is 4.42 Å². The third-order valence-electron chi connectivity index (χ3n) is 5.60. The zero-order valence-corrected chi connectivity index (χ0v) is 21.5. The Morgan fingerprint density at radius 1 is 0.939 bits per heavy atom. The van der Waals surface area contributed by atoms with Crippen molar-refractivity contribution in [3.63, 3.8) is 0 Å². The second kappa shape index (κ2) is 12.5. The van der Waals surface area contributed by atoms with Gasteiger partial charge < -0.3 is 20.0 Å². The lowest BCUT2D eigenvalue weighted by atomic mass is 10.1. The molecule has 0 atom stereocenters. The van der Waals surface area contributed by atoms with Gasteiger partial charge in [-0.3, -0.25) is 9.89 Å². The molecule has 0 bridgehead atoms. The molecule has 33 heavy (non-hydrogen) atoms. The van der Waals surface area contributed by atoms with E-state index in [4.69, 9.17) is 4.42 Å². The first-order valence-electron chi connectivity index (χ1n) is 11.0. The lowest BCUT2D eigenvalue weighted by molar-refractivity contribution is 0.287. The highest BCUT2D eigenvalue weighted by molar-refractivity contribution is 14.0. The standard InChI is InChI=1S/C26H31N5O.HI/c1-27-26(28-14-13-21-17-29-25-12-6-5-11-24(21)25)30-16-20-8-3-4-9-22(20)18-31(2)19-23-10-7-15-32-23;/h3-12,15,17,29H,13-14,16,18-19H2,1-2H3,(H2,27,28,30);1H. The van der Waals surface area contributed by atoms with Crippen LogP contribution in [0, 0.1) is 0 Å². The van der Waals surface area contributed by atoms with Gasteiger partial charge in [0.1, 0.15) is 5.76 Å². The first kappa shape index (κ1) is 24.9. The normalized spacial score (nSPS) is 11.5. The van der Waals surface area contributed by atoms with Crippen molar-refractivity contribution in [3.05, 3.63) is 95.6 Å². The number of H-pyrrole nitrogens is 1. The summed E-state index contributed by atoms with van der Waals surface area (Å²) < 4.78 is 5.47. The van der Waals surface area contributed by atoms with Gasteiger partial charge in [-0.05, 0) is 48.4 Å². The number of aromatic nitrogens is 1. The van der Waals surface area contributed by atoms with Gasteiger partial charge in [0.25, 0.3) is 0 Å². The number of aromatic amines is 1. The number of nitrogens with one attached hydrogen (secondary N) is 3. The van der Waals surface area contributed by atoms with E-state index in [0.717, 1.165) is 44.3 Å². The fraction of sp³-hybridized carbons (Fsp3) is 0.269. The van der Waals surface area contributed by atoms with Crippen molar-refractivity contribution in [2.75, 3.05) is 20.6 Å². The Kier molecular flexibility index (Phi) is 9.38. The Morgan fingerprint density at radius 2 is 1.73 bits per heavy atom. The van der Waals surface area contributed by atoms with Crippen LogP contribution in [0.15, 0.2) is 82.5 Å². The van der Waals surface area contributed by atoms with E-state index in [-0.39, 0.29) is 24.0 Å². The number of para-hydroxylation sites is 1. The highest BCUT2D eigenvalue weighted by Crippen LogP contribution is 2.17. The quantitative estimate of drug-likeness (QED) is 0.155. The molecule has 0 amide bonds. The van der Waals surface area contributed by atoms with Crippen LogP contribution in [0.2, 0.25) is 0 Å². The average molecular weight is 557 g/mol. The summed E-state index contributed by atoms with van der Waals surface area (Å²) in [5, 5.41) is 8.17. The third kappa shape index (κ3) is 6.85. The molecular formula is C26H32IN5O. The zero-order chi connectivity index (χ0) is 22.2. The van der Waals surface area contributed by atoms with Gasteiger partial charge in [0.05, 0.1) is 12.8 Å². The molecule has 0 aliphatic rings. The van der Waals surface area contributed by atoms with E-state index < -0.39 is 0 Å². The second-order valence-corrected chi connectivity index (χ2v) is 7.98. The number of benzene rings is 2. The first-order chi connectivity index (χ1) is 15.7. The minimum Gasteiger partial charge on any atom is -0.468 e. The van der Waals surface area contributed by atoms with Gasteiger partial charge in [0.15, 0.2) is 5.96 Å². The molecule has 0 spiro atoms. The summed E-state index contributed by atoms with van der Waals surface area (Å²) in [6.45, 7) is 3.17. The molecule has 6 nitrogen and oxygen atoms in total. The predicted octanol–water partition coefficient (Wildman–Crippen LogP) is 4.92. The topological polar surface area (TPSA) is 68.6 Å². The number of aliphatic imine (C=N–C) groups is 1. The Labute approximate surface area is 212 Å². The second-order valence-electron chi connectivity index (χ2n) is 7.98. The molecule has 3 N–H and O–H groups in total. The number of hydrogen-bond acceptors (Lipinski definition) is 3. The maximum absolute atomic E-state index is 5.47. The smallest absolute Gasteiger partial charge is 0.191 e. The van der Waals surface area contributed by atoms with Gasteiger partial charge in [-0.15, -0.1) is 24.0 Å². The maximum atomic E-state index is 5.47. The summed E-state index contributed by atoms with van der Waals surface area (Å²) in [6.07, 6.45) is 4.75. The summed E-state index contributed by atoms with van der Waals surface area (Å²) in [5.74, 6) is 1.78. The predicted molar refractivity (Wildman–Crippen MR) is 146 cm³/mol. The van der Waals surface area contributed by atoms with E-state index in [2.05, 4.69) is 87.3 Å². The highest BCUT2D eigenvalue weighted by Gasteiger charge is 2.09. The fourth-order valence-electron chi connectivity index (χ4n) is 3.95. The summed E-state index contributed by atoms with van der Waals surface area (Å²) in [7, 11) is 3.92. The maximum Gasteiger partial charge on any atom is 0.191 e. The average Bonchev–Trinajstić information content (AvgIpc) is 3.47. The Balaban J connectivity index is 0.00000306. The van der Waals surface area contributed by atoms with Crippen LogP contribution in [0.1, 0.15) is 22.5 Å². The van der Waals surface area contributed by atoms with Crippen LogP contribution >= 0.6 is 24.0 Å². The van der Waals surface area contributed by atoms with Crippen LogP contribution in [0.3, 0.4) is 0 Å². The molecule has 0 aliphatic carbocycles. The molecule has 0 saturated carbocycles. The molecule has 4 rings (SSSR count). The number of fused-ring (bicyclic) bond motifs is 1. The van der Waals surface area contributed by atoms with Crippen LogP contribution in [0.4, 0.5) is 0 Å². The lowest BCUT2D eigenvalue weighted by Crippen LogP contribution is -2.38. The van der Waals surface area contributed by atoms with Crippen molar-refractivity contribution in [3.8, 4) is 0 Å². The van der Waals surface area contributed by atoms with Crippen LogP contribution < -0.4 is 10.6 Å². The van der Waals surface area contributed by atoms with Gasteiger partial charge in [-0.2, -0.15) is 0 Å². The number of guanidine groups is 1. The van der Waals surface area contributed by atoms with E-state index in [1.54, 1.807) is 6.26 Å². The molecule has 2 aromatic heterocycles. The third-order valence-corrected chi connectivity index (χ3v) is 5.60. The number of rotatable bonds is 9. The van der Waals surface area contributed by atoms with Crippen LogP contribution in [-0.4, -0.2) is 36.5 Å². The molecule has 0 aliphatic heterocycles. The number of halogens is 1. The van der Waals surface area contributed by atoms with Gasteiger partial charge in [-0.25, -0.2) is 0 Å². The molecule has 0 unspecified atom stereocenters. The lowest BCUT2D eigenvalue weighted by Gasteiger charge is -2.19. The monoisotopic (exact) mass is 557 g/mol. The van der Waals surface area contributed by atoms with Crippen molar-refractivity contribution in [1.29, 1.82) is 0 Å². The van der Waals surface area contributed by atoms with Crippen molar-refractivity contribution >= 4 is 40.8 Å². The van der Waals surface area contributed by atoms with Crippen LogP contribution in [0.25, 0.3) is 10.9 Å². The molecule has 0 fully saturated rings. The molecule has 174 valence electrons. The summed E-state index contributed by atoms with van der Waals surface area (Å²) in [4.78, 5) is 9.98. The van der Waals surface area contributed by atoms with E-state index in [1.807, 2.05) is 19.2 Å². The molecule has 0 saturated heterocycles.